The summed E-state index contributed by atoms with van der Waals surface area (Å²) in [6, 6.07) is 2.86. The third-order valence-electron chi connectivity index (χ3n) is 2.77. The van der Waals surface area contributed by atoms with Crippen LogP contribution >= 0.6 is 11.8 Å². The van der Waals surface area contributed by atoms with Gasteiger partial charge in [0.1, 0.15) is 0 Å². The van der Waals surface area contributed by atoms with E-state index in [9.17, 15) is 9.59 Å². The van der Waals surface area contributed by atoms with Crippen molar-refractivity contribution in [2.45, 2.75) is 18.9 Å². The van der Waals surface area contributed by atoms with Crippen LogP contribution in [0.4, 0.5) is 0 Å². The van der Waals surface area contributed by atoms with E-state index in [-0.39, 0.29) is 17.2 Å². The molecule has 0 atom stereocenters. The molecule has 1 aliphatic heterocycles. The minimum atomic E-state index is -0.987. The number of aromatic carboxylic acids is 1. The van der Waals surface area contributed by atoms with Crippen molar-refractivity contribution in [3.8, 4) is 0 Å². The molecule has 0 unspecified atom stereocenters. The van der Waals surface area contributed by atoms with Gasteiger partial charge in [0.15, 0.2) is 0 Å². The molecule has 1 N–H and O–H groups in total. The Balaban J connectivity index is 2.34. The van der Waals surface area contributed by atoms with E-state index < -0.39 is 5.97 Å². The zero-order chi connectivity index (χ0) is 11.5. The maximum absolute atomic E-state index is 11.7. The molecule has 0 spiro atoms. The fourth-order valence-corrected chi connectivity index (χ4v) is 2.96. The molecule has 86 valence electrons. The van der Waals surface area contributed by atoms with Crippen molar-refractivity contribution in [1.82, 2.24) is 4.57 Å². The summed E-state index contributed by atoms with van der Waals surface area (Å²) in [5.74, 6) is 1.09. The zero-order valence-electron chi connectivity index (χ0n) is 8.76. The predicted molar refractivity (Wildman–Crippen MR) is 63.3 cm³/mol. The van der Waals surface area contributed by atoms with Gasteiger partial charge in [-0.2, -0.15) is 11.8 Å². The number of pyridine rings is 1. The van der Waals surface area contributed by atoms with Crippen molar-refractivity contribution in [2.75, 3.05) is 11.5 Å². The lowest BCUT2D eigenvalue weighted by molar-refractivity contribution is 0.0695. The van der Waals surface area contributed by atoms with E-state index in [0.29, 0.717) is 0 Å². The highest BCUT2D eigenvalue weighted by Gasteiger charge is 2.17. The summed E-state index contributed by atoms with van der Waals surface area (Å²) in [6.07, 6.45) is 3.34. The van der Waals surface area contributed by atoms with Gasteiger partial charge in [-0.15, -0.1) is 0 Å². The number of hydrogen-bond donors (Lipinski definition) is 1. The standard InChI is InChI=1S/C11H13NO3S/c13-10-2-1-8(11(14)15)7-12(10)9-3-5-16-6-4-9/h1-2,7,9H,3-6H2,(H,14,15). The average Bonchev–Trinajstić information content (AvgIpc) is 2.30. The Labute approximate surface area is 97.3 Å². The van der Waals surface area contributed by atoms with E-state index in [1.165, 1.54) is 18.3 Å². The third-order valence-corrected chi connectivity index (χ3v) is 3.82. The Kier molecular flexibility index (Phi) is 3.33. The SMILES string of the molecule is O=C(O)c1ccc(=O)n(C2CCSCC2)c1. The summed E-state index contributed by atoms with van der Waals surface area (Å²) in [7, 11) is 0. The van der Waals surface area contributed by atoms with E-state index in [4.69, 9.17) is 5.11 Å². The highest BCUT2D eigenvalue weighted by atomic mass is 32.2. The Morgan fingerprint density at radius 1 is 1.38 bits per heavy atom. The summed E-state index contributed by atoms with van der Waals surface area (Å²) in [5, 5.41) is 8.88. The smallest absolute Gasteiger partial charge is 0.337 e. The second-order valence-electron chi connectivity index (χ2n) is 3.81. The fourth-order valence-electron chi connectivity index (χ4n) is 1.88. The molecule has 16 heavy (non-hydrogen) atoms. The third kappa shape index (κ3) is 2.29. The van der Waals surface area contributed by atoms with Crippen molar-refractivity contribution in [1.29, 1.82) is 0 Å². The minimum absolute atomic E-state index is 0.109. The van der Waals surface area contributed by atoms with Crippen LogP contribution in [0, 0.1) is 0 Å². The van der Waals surface area contributed by atoms with Crippen LogP contribution in [0.1, 0.15) is 29.2 Å². The number of carboxylic acid groups (broad SMARTS) is 1. The second kappa shape index (κ2) is 4.74. The average molecular weight is 239 g/mol. The molecular weight excluding hydrogens is 226 g/mol. The highest BCUT2D eigenvalue weighted by molar-refractivity contribution is 7.99. The number of carboxylic acids is 1. The van der Waals surface area contributed by atoms with Gasteiger partial charge in [-0.1, -0.05) is 0 Å². The van der Waals surface area contributed by atoms with Crippen molar-refractivity contribution in [3.63, 3.8) is 0 Å². The van der Waals surface area contributed by atoms with Crippen LogP contribution in [-0.2, 0) is 0 Å². The summed E-state index contributed by atoms with van der Waals surface area (Å²) in [5.41, 5.74) is 0.0692. The molecule has 1 aromatic heterocycles. The van der Waals surface area contributed by atoms with Crippen LogP contribution in [0.2, 0.25) is 0 Å². The van der Waals surface area contributed by atoms with E-state index in [1.807, 2.05) is 11.8 Å². The number of carbonyl (C=O) groups is 1. The van der Waals surface area contributed by atoms with Crippen LogP contribution in [0.25, 0.3) is 0 Å². The van der Waals surface area contributed by atoms with Gasteiger partial charge in [-0.25, -0.2) is 4.79 Å². The summed E-state index contributed by atoms with van der Waals surface area (Å²) < 4.78 is 1.57. The lowest BCUT2D eigenvalue weighted by Gasteiger charge is -2.23. The van der Waals surface area contributed by atoms with Gasteiger partial charge < -0.3 is 9.67 Å². The molecule has 0 aromatic carbocycles. The molecule has 0 bridgehead atoms. The van der Waals surface area contributed by atoms with Crippen LogP contribution in [0.3, 0.4) is 0 Å². The largest absolute Gasteiger partial charge is 0.478 e. The lowest BCUT2D eigenvalue weighted by Crippen LogP contribution is -2.27. The Morgan fingerprint density at radius 2 is 2.06 bits per heavy atom. The van der Waals surface area contributed by atoms with Crippen LogP contribution in [0.15, 0.2) is 23.1 Å². The molecule has 1 saturated heterocycles. The quantitative estimate of drug-likeness (QED) is 0.852. The van der Waals surface area contributed by atoms with Crippen LogP contribution in [0.5, 0.6) is 0 Å². The number of thioether (sulfide) groups is 1. The molecule has 5 heteroatoms. The molecule has 1 fully saturated rings. The number of rotatable bonds is 2. The first-order chi connectivity index (χ1) is 7.68. The maximum Gasteiger partial charge on any atom is 0.337 e. The molecule has 0 aliphatic carbocycles. The van der Waals surface area contributed by atoms with E-state index >= 15 is 0 Å². The van der Waals surface area contributed by atoms with Gasteiger partial charge in [0.05, 0.1) is 5.56 Å². The van der Waals surface area contributed by atoms with E-state index in [1.54, 1.807) is 4.57 Å². The Bertz CT molecular complexity index is 449. The fraction of sp³-hybridized carbons (Fsp3) is 0.455. The Hall–Kier alpha value is -1.23. The maximum atomic E-state index is 11.7. The predicted octanol–water partition coefficient (Wildman–Crippen LogP) is 1.61. The minimum Gasteiger partial charge on any atom is -0.478 e. The second-order valence-corrected chi connectivity index (χ2v) is 5.04. The van der Waals surface area contributed by atoms with E-state index in [0.717, 1.165) is 24.3 Å². The van der Waals surface area contributed by atoms with Crippen molar-refractivity contribution in [3.05, 3.63) is 34.2 Å². The normalized spacial score (nSPS) is 17.2. The lowest BCUT2D eigenvalue weighted by atomic mass is 10.1. The topological polar surface area (TPSA) is 59.3 Å². The summed E-state index contributed by atoms with van der Waals surface area (Å²) in [4.78, 5) is 22.5. The van der Waals surface area contributed by atoms with Crippen molar-refractivity contribution >= 4 is 17.7 Å². The van der Waals surface area contributed by atoms with Gasteiger partial charge in [-0.3, -0.25) is 4.79 Å². The molecule has 2 rings (SSSR count). The van der Waals surface area contributed by atoms with Gasteiger partial charge in [-0.05, 0) is 30.4 Å². The van der Waals surface area contributed by atoms with E-state index in [2.05, 4.69) is 0 Å². The first kappa shape index (κ1) is 11.3. The molecular formula is C11H13NO3S. The molecule has 0 radical (unpaired) electrons. The number of hydrogen-bond acceptors (Lipinski definition) is 3. The first-order valence-corrected chi connectivity index (χ1v) is 6.37. The number of nitrogens with zero attached hydrogens (tertiary/aromatic N) is 1. The van der Waals surface area contributed by atoms with Gasteiger partial charge in [0.2, 0.25) is 0 Å². The molecule has 1 aromatic rings. The molecule has 4 nitrogen and oxygen atoms in total. The van der Waals surface area contributed by atoms with Crippen molar-refractivity contribution in [2.24, 2.45) is 0 Å². The summed E-state index contributed by atoms with van der Waals surface area (Å²) >= 11 is 1.88. The van der Waals surface area contributed by atoms with Gasteiger partial charge >= 0.3 is 5.97 Å². The summed E-state index contributed by atoms with van der Waals surface area (Å²) in [6.45, 7) is 0. The highest BCUT2D eigenvalue weighted by Crippen LogP contribution is 2.25. The molecule has 0 amide bonds. The van der Waals surface area contributed by atoms with Gasteiger partial charge in [0.25, 0.3) is 5.56 Å². The number of aromatic nitrogens is 1. The van der Waals surface area contributed by atoms with Crippen LogP contribution < -0.4 is 5.56 Å². The zero-order valence-corrected chi connectivity index (χ0v) is 9.57. The van der Waals surface area contributed by atoms with Gasteiger partial charge in [0, 0.05) is 18.3 Å². The first-order valence-electron chi connectivity index (χ1n) is 5.22. The molecule has 2 heterocycles. The van der Waals surface area contributed by atoms with Crippen LogP contribution in [-0.4, -0.2) is 27.1 Å². The molecule has 1 aliphatic rings. The van der Waals surface area contributed by atoms with Crippen molar-refractivity contribution < 1.29 is 9.90 Å². The monoisotopic (exact) mass is 239 g/mol. The Morgan fingerprint density at radius 3 is 2.69 bits per heavy atom. The molecule has 0 saturated carbocycles.